The Bertz CT molecular complexity index is 490. The maximum atomic E-state index is 12.0. The van der Waals surface area contributed by atoms with Crippen LogP contribution in [0.15, 0.2) is 24.3 Å². The van der Waals surface area contributed by atoms with Crippen LogP contribution in [-0.4, -0.2) is 41.2 Å². The zero-order chi connectivity index (χ0) is 15.8. The minimum Gasteiger partial charge on any atom is -0.491 e. The molecule has 2 N–H and O–H groups in total. The fourth-order valence-corrected chi connectivity index (χ4v) is 1.66. The van der Waals surface area contributed by atoms with E-state index in [1.807, 2.05) is 19.9 Å². The van der Waals surface area contributed by atoms with Gasteiger partial charge in [-0.2, -0.15) is 0 Å². The van der Waals surface area contributed by atoms with Gasteiger partial charge in [0.2, 0.25) is 0 Å². The van der Waals surface area contributed by atoms with Gasteiger partial charge in [0.15, 0.2) is 0 Å². The Morgan fingerprint density at radius 2 is 2.10 bits per heavy atom. The van der Waals surface area contributed by atoms with Gasteiger partial charge in [-0.25, -0.2) is 4.79 Å². The Hall–Kier alpha value is -2.24. The number of nitrogens with one attached hydrogen (secondary N) is 1. The van der Waals surface area contributed by atoms with Gasteiger partial charge in [-0.15, -0.1) is 0 Å². The summed E-state index contributed by atoms with van der Waals surface area (Å²) < 4.78 is 5.68. The first-order valence-electron chi connectivity index (χ1n) is 7.00. The molecule has 0 fully saturated rings. The van der Waals surface area contributed by atoms with E-state index in [0.717, 1.165) is 6.42 Å². The zero-order valence-corrected chi connectivity index (χ0v) is 12.6. The second-order valence-electron chi connectivity index (χ2n) is 4.70. The van der Waals surface area contributed by atoms with Crippen molar-refractivity contribution in [1.29, 1.82) is 0 Å². The van der Waals surface area contributed by atoms with E-state index < -0.39 is 12.0 Å². The average molecular weight is 294 g/mol. The number of amides is 2. The smallest absolute Gasteiger partial charge is 0.323 e. The summed E-state index contributed by atoms with van der Waals surface area (Å²) in [6.45, 7) is 5.72. The first-order valence-corrected chi connectivity index (χ1v) is 7.00. The van der Waals surface area contributed by atoms with Gasteiger partial charge in [0, 0.05) is 18.3 Å². The molecule has 2 amide bonds. The number of carbonyl (C=O) groups excluding carboxylic acids is 1. The van der Waals surface area contributed by atoms with E-state index in [1.165, 1.54) is 4.90 Å². The molecule has 0 spiro atoms. The second kappa shape index (κ2) is 8.14. The van der Waals surface area contributed by atoms with Crippen molar-refractivity contribution in [3.05, 3.63) is 24.3 Å². The van der Waals surface area contributed by atoms with Crippen molar-refractivity contribution in [2.75, 3.05) is 18.4 Å². The van der Waals surface area contributed by atoms with Crippen LogP contribution >= 0.6 is 0 Å². The Balaban J connectivity index is 2.71. The van der Waals surface area contributed by atoms with Crippen LogP contribution in [0.3, 0.4) is 0 Å². The first kappa shape index (κ1) is 16.8. The Morgan fingerprint density at radius 1 is 1.38 bits per heavy atom. The van der Waals surface area contributed by atoms with Gasteiger partial charge >= 0.3 is 12.0 Å². The Morgan fingerprint density at radius 3 is 2.67 bits per heavy atom. The maximum Gasteiger partial charge on any atom is 0.323 e. The van der Waals surface area contributed by atoms with Gasteiger partial charge in [0.25, 0.3) is 0 Å². The van der Waals surface area contributed by atoms with E-state index in [1.54, 1.807) is 25.1 Å². The molecule has 0 bridgehead atoms. The minimum atomic E-state index is -1.04. The third kappa shape index (κ3) is 5.72. The molecule has 6 nitrogen and oxygen atoms in total. The molecule has 0 aliphatic rings. The number of hydrogen-bond acceptors (Lipinski definition) is 3. The number of rotatable bonds is 7. The zero-order valence-electron chi connectivity index (χ0n) is 12.6. The number of carboxylic acids is 1. The lowest BCUT2D eigenvalue weighted by Crippen LogP contribution is -2.38. The Labute approximate surface area is 124 Å². The molecule has 116 valence electrons. The molecule has 1 aromatic carbocycles. The van der Waals surface area contributed by atoms with E-state index in [-0.39, 0.29) is 12.6 Å². The first-order chi connectivity index (χ1) is 9.96. The van der Waals surface area contributed by atoms with Crippen molar-refractivity contribution in [3.63, 3.8) is 0 Å². The number of ether oxygens (including phenoxy) is 1. The number of nitrogens with zero attached hydrogens (tertiary/aromatic N) is 1. The predicted octanol–water partition coefficient (Wildman–Crippen LogP) is 2.80. The van der Waals surface area contributed by atoms with Crippen molar-refractivity contribution in [2.45, 2.75) is 33.3 Å². The van der Waals surface area contributed by atoms with Gasteiger partial charge in [-0.05, 0) is 32.4 Å². The van der Waals surface area contributed by atoms with Crippen LogP contribution in [0.1, 0.15) is 27.2 Å². The summed E-state index contributed by atoms with van der Waals surface area (Å²) >= 11 is 0. The number of carboxylic acid groups (broad SMARTS) is 1. The molecule has 0 aliphatic carbocycles. The number of carbonyl (C=O) groups is 2. The highest BCUT2D eigenvalue weighted by atomic mass is 16.5. The molecule has 1 aromatic rings. The largest absolute Gasteiger partial charge is 0.491 e. The van der Waals surface area contributed by atoms with E-state index in [2.05, 4.69) is 5.32 Å². The van der Waals surface area contributed by atoms with E-state index in [0.29, 0.717) is 18.0 Å². The molecule has 21 heavy (non-hydrogen) atoms. The van der Waals surface area contributed by atoms with Crippen molar-refractivity contribution < 1.29 is 19.4 Å². The molecule has 0 heterocycles. The van der Waals surface area contributed by atoms with Crippen LogP contribution in [0.5, 0.6) is 5.75 Å². The molecule has 0 radical (unpaired) electrons. The minimum absolute atomic E-state index is 0.0927. The highest BCUT2D eigenvalue weighted by Crippen LogP contribution is 2.19. The molecule has 6 heteroatoms. The highest BCUT2D eigenvalue weighted by Gasteiger charge is 2.15. The van der Waals surface area contributed by atoms with Crippen LogP contribution in [-0.2, 0) is 4.79 Å². The van der Waals surface area contributed by atoms with Gasteiger partial charge in [0.05, 0.1) is 6.10 Å². The van der Waals surface area contributed by atoms with Gasteiger partial charge in [0.1, 0.15) is 12.3 Å². The third-order valence-corrected chi connectivity index (χ3v) is 2.99. The highest BCUT2D eigenvalue weighted by molar-refractivity contribution is 5.91. The van der Waals surface area contributed by atoms with Gasteiger partial charge in [-0.1, -0.05) is 13.0 Å². The van der Waals surface area contributed by atoms with Gasteiger partial charge in [-0.3, -0.25) is 4.79 Å². The summed E-state index contributed by atoms with van der Waals surface area (Å²) in [6, 6.07) is 6.60. The van der Waals surface area contributed by atoms with Crippen LogP contribution in [0, 0.1) is 0 Å². The van der Waals surface area contributed by atoms with Gasteiger partial charge < -0.3 is 20.1 Å². The topological polar surface area (TPSA) is 78.9 Å². The fourth-order valence-electron chi connectivity index (χ4n) is 1.66. The summed E-state index contributed by atoms with van der Waals surface area (Å²) in [5, 5.41) is 11.4. The number of anilines is 1. The average Bonchev–Trinajstić information content (AvgIpc) is 2.44. The number of hydrogen-bond donors (Lipinski definition) is 2. The van der Waals surface area contributed by atoms with E-state index in [9.17, 15) is 9.59 Å². The van der Waals surface area contributed by atoms with Crippen molar-refractivity contribution in [1.82, 2.24) is 4.90 Å². The third-order valence-electron chi connectivity index (χ3n) is 2.99. The lowest BCUT2D eigenvalue weighted by molar-refractivity contribution is -0.137. The maximum absolute atomic E-state index is 12.0. The lowest BCUT2D eigenvalue weighted by Gasteiger charge is -2.19. The molecule has 0 saturated carbocycles. The van der Waals surface area contributed by atoms with E-state index >= 15 is 0 Å². The summed E-state index contributed by atoms with van der Waals surface area (Å²) in [4.78, 5) is 23.9. The summed E-state index contributed by atoms with van der Waals surface area (Å²) in [6.07, 6.45) is 0.980. The van der Waals surface area contributed by atoms with Crippen LogP contribution in [0.25, 0.3) is 0 Å². The summed E-state index contributed by atoms with van der Waals surface area (Å²) in [5.41, 5.74) is 0.574. The second-order valence-corrected chi connectivity index (χ2v) is 4.70. The van der Waals surface area contributed by atoms with Crippen LogP contribution in [0.2, 0.25) is 0 Å². The SMILES string of the molecule is CCC(C)Oc1cccc(NC(=O)N(CC)CC(=O)O)c1. The number of benzene rings is 1. The predicted molar refractivity (Wildman–Crippen MR) is 80.7 cm³/mol. The summed E-state index contributed by atoms with van der Waals surface area (Å²) in [5.74, 6) is -0.371. The number of likely N-dealkylation sites (N-methyl/N-ethyl adjacent to an activating group) is 1. The van der Waals surface area contributed by atoms with Crippen LogP contribution < -0.4 is 10.1 Å². The number of aliphatic carboxylic acids is 1. The normalized spacial score (nSPS) is 11.6. The summed E-state index contributed by atoms with van der Waals surface area (Å²) in [7, 11) is 0. The van der Waals surface area contributed by atoms with Crippen molar-refractivity contribution in [3.8, 4) is 5.75 Å². The Kier molecular flexibility index (Phi) is 6.52. The fraction of sp³-hybridized carbons (Fsp3) is 0.467. The molecule has 0 saturated heterocycles. The molecular formula is C15H22N2O4. The molecule has 0 aliphatic heterocycles. The quantitative estimate of drug-likeness (QED) is 0.810. The van der Waals surface area contributed by atoms with Crippen LogP contribution in [0.4, 0.5) is 10.5 Å². The monoisotopic (exact) mass is 294 g/mol. The molecule has 0 aromatic heterocycles. The molecular weight excluding hydrogens is 272 g/mol. The van der Waals surface area contributed by atoms with E-state index in [4.69, 9.17) is 9.84 Å². The van der Waals surface area contributed by atoms with Crippen molar-refractivity contribution in [2.24, 2.45) is 0 Å². The van der Waals surface area contributed by atoms with Crippen molar-refractivity contribution >= 4 is 17.7 Å². The molecule has 1 atom stereocenters. The standard InChI is InChI=1S/C15H22N2O4/c1-4-11(3)21-13-8-6-7-12(9-13)16-15(20)17(5-2)10-14(18)19/h6-9,11H,4-5,10H2,1-3H3,(H,16,20)(H,18,19). The number of urea groups is 1. The molecule has 1 unspecified atom stereocenters. The lowest BCUT2D eigenvalue weighted by atomic mass is 10.3. The molecule has 1 rings (SSSR count).